The summed E-state index contributed by atoms with van der Waals surface area (Å²) in [6.07, 6.45) is 8.90. The van der Waals surface area contributed by atoms with E-state index in [-0.39, 0.29) is 11.9 Å². The van der Waals surface area contributed by atoms with E-state index in [0.717, 1.165) is 64.3 Å². The molecule has 0 saturated heterocycles. The standard InChI is InChI=1S/C17H29ClN2O5S2/c18-14-3-1-13(2-4-14)17-9-10-20(19-17)15-5-7-16(8-6-15)26(21)25-11-12-27(22,23)24/h13-16H,1-12H2,(H,22,23,24). The first-order valence-electron chi connectivity index (χ1n) is 9.79. The molecule has 1 unspecified atom stereocenters. The van der Waals surface area contributed by atoms with Crippen molar-refractivity contribution >= 4 is 38.5 Å². The average molecular weight is 441 g/mol. The van der Waals surface area contributed by atoms with Crippen molar-refractivity contribution < 1.29 is 21.4 Å². The van der Waals surface area contributed by atoms with Crippen LogP contribution < -0.4 is 0 Å². The highest BCUT2D eigenvalue weighted by Crippen LogP contribution is 2.33. The maximum absolute atomic E-state index is 12.2. The third-order valence-corrected chi connectivity index (χ3v) is 8.39. The number of hydrazone groups is 1. The molecule has 2 saturated carbocycles. The fourth-order valence-corrected chi connectivity index (χ4v) is 6.03. The molecule has 0 spiro atoms. The van der Waals surface area contributed by atoms with Crippen LogP contribution in [0.1, 0.15) is 57.8 Å². The van der Waals surface area contributed by atoms with Crippen LogP contribution in [0.25, 0.3) is 0 Å². The van der Waals surface area contributed by atoms with E-state index in [4.69, 9.17) is 25.4 Å². The zero-order chi connectivity index (χ0) is 19.4. The molecule has 2 aliphatic carbocycles. The Hall–Kier alpha value is -0.220. The predicted molar refractivity (Wildman–Crippen MR) is 107 cm³/mol. The fraction of sp³-hybridized carbons (Fsp3) is 0.941. The SMILES string of the molecule is O=S(OCCS(=O)(=O)O)C1CCC(N2CCC(C3CCC(Cl)CC3)=N2)CC1. The van der Waals surface area contributed by atoms with Crippen LogP contribution in [-0.2, 0) is 25.4 Å². The van der Waals surface area contributed by atoms with Crippen molar-refractivity contribution in [2.24, 2.45) is 11.0 Å². The van der Waals surface area contributed by atoms with Gasteiger partial charge < -0.3 is 0 Å². The van der Waals surface area contributed by atoms with Gasteiger partial charge in [0.25, 0.3) is 10.1 Å². The normalized spacial score (nSPS) is 33.7. The first-order chi connectivity index (χ1) is 12.8. The molecule has 27 heavy (non-hydrogen) atoms. The van der Waals surface area contributed by atoms with Crippen LogP contribution in [0.4, 0.5) is 0 Å². The summed E-state index contributed by atoms with van der Waals surface area (Å²) in [5, 5.41) is 7.39. The molecule has 0 aromatic carbocycles. The quantitative estimate of drug-likeness (QED) is 0.483. The molecule has 0 bridgehead atoms. The van der Waals surface area contributed by atoms with Gasteiger partial charge in [-0.2, -0.15) is 13.5 Å². The molecule has 0 aromatic heterocycles. The zero-order valence-electron chi connectivity index (χ0n) is 15.5. The van der Waals surface area contributed by atoms with Gasteiger partial charge in [-0.1, -0.05) is 0 Å². The summed E-state index contributed by atoms with van der Waals surface area (Å²) in [4.78, 5) is 0. The highest BCUT2D eigenvalue weighted by Gasteiger charge is 2.33. The van der Waals surface area contributed by atoms with Crippen LogP contribution in [0.15, 0.2) is 5.10 Å². The van der Waals surface area contributed by atoms with Crippen LogP contribution in [0.3, 0.4) is 0 Å². The van der Waals surface area contributed by atoms with E-state index in [1.165, 1.54) is 5.71 Å². The van der Waals surface area contributed by atoms with E-state index in [9.17, 15) is 12.6 Å². The molecule has 1 N–H and O–H groups in total. The molecule has 1 aliphatic heterocycles. The minimum absolute atomic E-state index is 0.0762. The van der Waals surface area contributed by atoms with Crippen molar-refractivity contribution in [2.45, 2.75) is 74.5 Å². The lowest BCUT2D eigenvalue weighted by molar-refractivity contribution is 0.178. The Morgan fingerprint density at radius 2 is 1.81 bits per heavy atom. The molecule has 0 radical (unpaired) electrons. The van der Waals surface area contributed by atoms with Gasteiger partial charge >= 0.3 is 0 Å². The van der Waals surface area contributed by atoms with E-state index in [2.05, 4.69) is 5.01 Å². The van der Waals surface area contributed by atoms with Crippen molar-refractivity contribution in [3.63, 3.8) is 0 Å². The minimum Gasteiger partial charge on any atom is -0.294 e. The highest BCUT2D eigenvalue weighted by atomic mass is 35.5. The number of nitrogens with zero attached hydrogens (tertiary/aromatic N) is 2. The summed E-state index contributed by atoms with van der Waals surface area (Å²) in [5.74, 6) is 0.0652. The van der Waals surface area contributed by atoms with Crippen molar-refractivity contribution in [3.05, 3.63) is 0 Å². The summed E-state index contributed by atoms with van der Waals surface area (Å²) in [6.45, 7) is 0.731. The summed E-state index contributed by atoms with van der Waals surface area (Å²) >= 11 is 4.69. The predicted octanol–water partition coefficient (Wildman–Crippen LogP) is 2.73. The van der Waals surface area contributed by atoms with Gasteiger partial charge in [0.05, 0.1) is 11.9 Å². The maximum atomic E-state index is 12.2. The van der Waals surface area contributed by atoms with E-state index >= 15 is 0 Å². The molecule has 3 aliphatic rings. The third-order valence-electron chi connectivity index (χ3n) is 5.86. The first-order valence-corrected chi connectivity index (χ1v) is 13.0. The second-order valence-electron chi connectivity index (χ2n) is 7.75. The Morgan fingerprint density at radius 3 is 2.44 bits per heavy atom. The largest absolute Gasteiger partial charge is 0.294 e. The van der Waals surface area contributed by atoms with Gasteiger partial charge in [0.15, 0.2) is 11.1 Å². The van der Waals surface area contributed by atoms with Gasteiger partial charge in [-0.15, -0.1) is 11.6 Å². The molecule has 2 fully saturated rings. The molecule has 156 valence electrons. The van der Waals surface area contributed by atoms with Gasteiger partial charge in [0, 0.05) is 30.1 Å². The summed E-state index contributed by atoms with van der Waals surface area (Å²) in [5.41, 5.74) is 1.33. The smallest absolute Gasteiger partial charge is 0.267 e. The Bertz CT molecular complexity index is 656. The minimum atomic E-state index is -4.08. The lowest BCUT2D eigenvalue weighted by Crippen LogP contribution is -2.36. The lowest BCUT2D eigenvalue weighted by atomic mass is 9.85. The zero-order valence-corrected chi connectivity index (χ0v) is 17.9. The number of rotatable bonds is 7. The summed E-state index contributed by atoms with van der Waals surface area (Å²) < 4.78 is 47.3. The highest BCUT2D eigenvalue weighted by molar-refractivity contribution is 7.85. The van der Waals surface area contributed by atoms with Gasteiger partial charge in [0.2, 0.25) is 0 Å². The number of hydrogen-bond acceptors (Lipinski definition) is 6. The van der Waals surface area contributed by atoms with Crippen molar-refractivity contribution in [3.8, 4) is 0 Å². The molecule has 7 nitrogen and oxygen atoms in total. The topological polar surface area (TPSA) is 96.3 Å². The Balaban J connectivity index is 1.42. The van der Waals surface area contributed by atoms with Crippen molar-refractivity contribution in [2.75, 3.05) is 18.9 Å². The van der Waals surface area contributed by atoms with Crippen LogP contribution in [0.5, 0.6) is 0 Å². The third kappa shape index (κ3) is 6.39. The number of halogens is 1. The molecule has 10 heteroatoms. The van der Waals surface area contributed by atoms with E-state index in [1.54, 1.807) is 0 Å². The Kier molecular flexibility index (Phi) is 7.58. The van der Waals surface area contributed by atoms with Gasteiger partial charge in [-0.3, -0.25) is 13.7 Å². The fourth-order valence-electron chi connectivity index (χ4n) is 4.28. The molecule has 3 rings (SSSR count). The number of hydrogen-bond donors (Lipinski definition) is 1. The molecule has 1 atom stereocenters. The van der Waals surface area contributed by atoms with Crippen molar-refractivity contribution in [1.82, 2.24) is 5.01 Å². The second-order valence-corrected chi connectivity index (χ2v) is 11.4. The van der Waals surface area contributed by atoms with E-state index in [1.807, 2.05) is 0 Å². The molecular formula is C17H29ClN2O5S2. The van der Waals surface area contributed by atoms with Gasteiger partial charge in [-0.25, -0.2) is 4.21 Å². The van der Waals surface area contributed by atoms with Crippen LogP contribution in [-0.4, -0.2) is 63.5 Å². The van der Waals surface area contributed by atoms with Crippen LogP contribution in [0, 0.1) is 5.92 Å². The van der Waals surface area contributed by atoms with Gasteiger partial charge in [0.1, 0.15) is 5.75 Å². The average Bonchev–Trinajstić information content (AvgIpc) is 3.11. The lowest BCUT2D eigenvalue weighted by Gasteiger charge is -2.32. The molecular weight excluding hydrogens is 412 g/mol. The Labute approximate surface area is 169 Å². The molecule has 0 amide bonds. The molecule has 0 aromatic rings. The van der Waals surface area contributed by atoms with Crippen LogP contribution >= 0.6 is 11.6 Å². The Morgan fingerprint density at radius 1 is 1.15 bits per heavy atom. The summed E-state index contributed by atoms with van der Waals surface area (Å²) in [6, 6.07) is 0.387. The maximum Gasteiger partial charge on any atom is 0.267 e. The van der Waals surface area contributed by atoms with Crippen molar-refractivity contribution in [1.29, 1.82) is 0 Å². The van der Waals surface area contributed by atoms with E-state index in [0.29, 0.717) is 17.3 Å². The van der Waals surface area contributed by atoms with Crippen LogP contribution in [0.2, 0.25) is 0 Å². The van der Waals surface area contributed by atoms with Gasteiger partial charge in [-0.05, 0) is 57.3 Å². The van der Waals surface area contributed by atoms with E-state index < -0.39 is 27.0 Å². The monoisotopic (exact) mass is 440 g/mol. The molecule has 1 heterocycles. The second kappa shape index (κ2) is 9.52. The number of alkyl halides is 1. The first kappa shape index (κ1) is 21.5. The summed E-state index contributed by atoms with van der Waals surface area (Å²) in [7, 11) is -4.08.